The fraction of sp³-hybridized carbons (Fsp3) is 0.524. The molecule has 3 rings (SSSR count). The predicted molar refractivity (Wildman–Crippen MR) is 118 cm³/mol. The van der Waals surface area contributed by atoms with Crippen LogP contribution in [0.5, 0.6) is 0 Å². The normalized spacial score (nSPS) is 14.0. The van der Waals surface area contributed by atoms with E-state index in [-0.39, 0.29) is 17.8 Å². The maximum Gasteiger partial charge on any atom is 0.409 e. The van der Waals surface area contributed by atoms with Gasteiger partial charge in [0.25, 0.3) is 0 Å². The van der Waals surface area contributed by atoms with Crippen molar-refractivity contribution in [1.82, 2.24) is 24.6 Å². The molecule has 0 atom stereocenters. The number of hydrogen-bond acceptors (Lipinski definition) is 7. The van der Waals surface area contributed by atoms with Crippen molar-refractivity contribution in [2.45, 2.75) is 25.5 Å². The van der Waals surface area contributed by atoms with E-state index in [2.05, 4.69) is 16.3 Å². The van der Waals surface area contributed by atoms with E-state index in [4.69, 9.17) is 9.47 Å². The number of rotatable bonds is 8. The van der Waals surface area contributed by atoms with Crippen LogP contribution in [0, 0.1) is 6.92 Å². The molecule has 0 bridgehead atoms. The smallest absolute Gasteiger partial charge is 0.409 e. The summed E-state index contributed by atoms with van der Waals surface area (Å²) in [4.78, 5) is 27.9. The molecule has 10 heteroatoms. The van der Waals surface area contributed by atoms with Gasteiger partial charge in [-0.2, -0.15) is 0 Å². The summed E-state index contributed by atoms with van der Waals surface area (Å²) in [5.74, 6) is 1.05. The predicted octanol–water partition coefficient (Wildman–Crippen LogP) is 2.29. The minimum Gasteiger partial charge on any atom is -0.450 e. The lowest BCUT2D eigenvalue weighted by Gasteiger charge is -2.34. The summed E-state index contributed by atoms with van der Waals surface area (Å²) < 4.78 is 12.3. The van der Waals surface area contributed by atoms with E-state index in [9.17, 15) is 9.59 Å². The quantitative estimate of drug-likeness (QED) is 0.574. The summed E-state index contributed by atoms with van der Waals surface area (Å²) in [6, 6.07) is 8.10. The number of carbonyl (C=O) groups is 2. The maximum atomic E-state index is 12.7. The molecular weight excluding hydrogens is 418 g/mol. The molecule has 1 aromatic heterocycles. The number of hydrogen-bond donors (Lipinski definition) is 0. The van der Waals surface area contributed by atoms with Crippen LogP contribution in [0.3, 0.4) is 0 Å². The van der Waals surface area contributed by atoms with Crippen molar-refractivity contribution < 1.29 is 19.1 Å². The molecule has 0 N–H and O–H groups in total. The monoisotopic (exact) mass is 447 g/mol. The molecule has 168 valence electrons. The van der Waals surface area contributed by atoms with Crippen molar-refractivity contribution in [1.29, 1.82) is 0 Å². The van der Waals surface area contributed by atoms with Gasteiger partial charge in [0, 0.05) is 38.9 Å². The minimum absolute atomic E-state index is 0.0203. The summed E-state index contributed by atoms with van der Waals surface area (Å²) in [6.07, 6.45) is -0.320. The highest BCUT2D eigenvalue weighted by Crippen LogP contribution is 2.25. The van der Waals surface area contributed by atoms with Crippen molar-refractivity contribution in [3.8, 4) is 11.4 Å². The number of ether oxygens (including phenoxy) is 2. The van der Waals surface area contributed by atoms with Gasteiger partial charge in [-0.25, -0.2) is 4.79 Å². The van der Waals surface area contributed by atoms with Gasteiger partial charge in [0.1, 0.15) is 0 Å². The van der Waals surface area contributed by atoms with Crippen molar-refractivity contribution in [2.24, 2.45) is 0 Å². The number of methoxy groups -OCH3 is 1. The van der Waals surface area contributed by atoms with Gasteiger partial charge in [-0.05, 0) is 19.9 Å². The van der Waals surface area contributed by atoms with E-state index >= 15 is 0 Å². The highest BCUT2D eigenvalue weighted by molar-refractivity contribution is 7.99. The Balaban J connectivity index is 1.62. The van der Waals surface area contributed by atoms with Crippen LogP contribution in [0.25, 0.3) is 11.4 Å². The zero-order valence-corrected chi connectivity index (χ0v) is 19.1. The lowest BCUT2D eigenvalue weighted by Crippen LogP contribution is -2.51. The van der Waals surface area contributed by atoms with Crippen LogP contribution in [0.1, 0.15) is 12.5 Å². The number of thioether (sulfide) groups is 1. The van der Waals surface area contributed by atoms with Crippen LogP contribution >= 0.6 is 11.8 Å². The van der Waals surface area contributed by atoms with Crippen LogP contribution in [0.4, 0.5) is 4.79 Å². The SMILES string of the molecule is CCOC(=O)N1CCN(C(=O)CSc2nnc(-c3cccc(C)c3)n2CCOC)CC1. The fourth-order valence-corrected chi connectivity index (χ4v) is 4.22. The van der Waals surface area contributed by atoms with Crippen molar-refractivity contribution in [3.05, 3.63) is 29.8 Å². The average Bonchev–Trinajstić information content (AvgIpc) is 3.19. The van der Waals surface area contributed by atoms with E-state index < -0.39 is 0 Å². The first-order valence-corrected chi connectivity index (χ1v) is 11.3. The Hall–Kier alpha value is -2.59. The first-order valence-electron chi connectivity index (χ1n) is 10.3. The van der Waals surface area contributed by atoms with E-state index in [0.29, 0.717) is 51.1 Å². The molecule has 1 fully saturated rings. The van der Waals surface area contributed by atoms with Gasteiger partial charge in [-0.1, -0.05) is 35.5 Å². The summed E-state index contributed by atoms with van der Waals surface area (Å²) in [7, 11) is 1.66. The largest absolute Gasteiger partial charge is 0.450 e. The lowest BCUT2D eigenvalue weighted by atomic mass is 10.1. The Kier molecular flexibility index (Phi) is 8.30. The second-order valence-corrected chi connectivity index (χ2v) is 8.12. The van der Waals surface area contributed by atoms with Crippen LogP contribution in [0.2, 0.25) is 0 Å². The third kappa shape index (κ3) is 5.98. The van der Waals surface area contributed by atoms with Gasteiger partial charge >= 0.3 is 6.09 Å². The van der Waals surface area contributed by atoms with Crippen LogP contribution in [0.15, 0.2) is 29.4 Å². The highest BCUT2D eigenvalue weighted by atomic mass is 32.2. The summed E-state index contributed by atoms with van der Waals surface area (Å²) in [6.45, 7) is 7.26. The van der Waals surface area contributed by atoms with E-state index in [1.54, 1.807) is 23.8 Å². The van der Waals surface area contributed by atoms with Crippen molar-refractivity contribution in [3.63, 3.8) is 0 Å². The van der Waals surface area contributed by atoms with Crippen LogP contribution < -0.4 is 0 Å². The van der Waals surface area contributed by atoms with Gasteiger partial charge in [-0.15, -0.1) is 10.2 Å². The standard InChI is InChI=1S/C21H29N5O4S/c1-4-30-21(28)25-10-8-24(9-11-25)18(27)15-31-20-23-22-19(26(20)12-13-29-3)17-7-5-6-16(2)14-17/h5-7,14H,4,8-13,15H2,1-3H3. The molecule has 2 amide bonds. The number of benzene rings is 1. The third-order valence-electron chi connectivity index (χ3n) is 5.00. The maximum absolute atomic E-state index is 12.7. The van der Waals surface area contributed by atoms with Gasteiger partial charge in [0.2, 0.25) is 5.91 Å². The zero-order valence-electron chi connectivity index (χ0n) is 18.2. The molecule has 1 aromatic carbocycles. The van der Waals surface area contributed by atoms with Crippen LogP contribution in [-0.2, 0) is 20.8 Å². The van der Waals surface area contributed by atoms with E-state index in [1.165, 1.54) is 11.8 Å². The Morgan fingerprint density at radius 1 is 1.13 bits per heavy atom. The highest BCUT2D eigenvalue weighted by Gasteiger charge is 2.25. The Morgan fingerprint density at radius 3 is 2.55 bits per heavy atom. The van der Waals surface area contributed by atoms with Gasteiger partial charge in [0.05, 0.1) is 25.5 Å². The number of aryl methyl sites for hydroxylation is 1. The first-order chi connectivity index (χ1) is 15.0. The number of amides is 2. The molecule has 2 heterocycles. The number of piperazine rings is 1. The topological polar surface area (TPSA) is 89.8 Å². The van der Waals surface area contributed by atoms with Crippen molar-refractivity contribution in [2.75, 3.05) is 52.3 Å². The first kappa shape index (κ1) is 23.1. The lowest BCUT2D eigenvalue weighted by molar-refractivity contribution is -0.129. The molecule has 1 saturated heterocycles. The average molecular weight is 448 g/mol. The summed E-state index contributed by atoms with van der Waals surface area (Å²) in [5.41, 5.74) is 2.13. The van der Waals surface area contributed by atoms with E-state index in [0.717, 1.165) is 17.0 Å². The summed E-state index contributed by atoms with van der Waals surface area (Å²) in [5, 5.41) is 9.39. The fourth-order valence-electron chi connectivity index (χ4n) is 3.35. The van der Waals surface area contributed by atoms with Crippen LogP contribution in [-0.4, -0.2) is 88.8 Å². The molecule has 31 heavy (non-hydrogen) atoms. The molecule has 0 aliphatic carbocycles. The second kappa shape index (κ2) is 11.1. The van der Waals surface area contributed by atoms with E-state index in [1.807, 2.05) is 29.7 Å². The van der Waals surface area contributed by atoms with Crippen molar-refractivity contribution >= 4 is 23.8 Å². The number of nitrogens with zero attached hydrogens (tertiary/aromatic N) is 5. The number of carbonyl (C=O) groups excluding carboxylic acids is 2. The van der Waals surface area contributed by atoms with Gasteiger partial charge in [0.15, 0.2) is 11.0 Å². The zero-order chi connectivity index (χ0) is 22.2. The summed E-state index contributed by atoms with van der Waals surface area (Å²) >= 11 is 1.37. The second-order valence-electron chi connectivity index (χ2n) is 7.18. The third-order valence-corrected chi connectivity index (χ3v) is 5.95. The molecule has 9 nitrogen and oxygen atoms in total. The molecule has 0 radical (unpaired) electrons. The minimum atomic E-state index is -0.320. The molecular formula is C21H29N5O4S. The molecule has 0 saturated carbocycles. The van der Waals surface area contributed by atoms with Gasteiger partial charge in [-0.3, -0.25) is 9.36 Å². The molecule has 0 spiro atoms. The Morgan fingerprint density at radius 2 is 1.87 bits per heavy atom. The molecule has 1 aliphatic rings. The number of aromatic nitrogens is 3. The van der Waals surface area contributed by atoms with Gasteiger partial charge < -0.3 is 19.3 Å². The molecule has 2 aromatic rings. The Bertz CT molecular complexity index is 896. The Labute approximate surface area is 186 Å². The molecule has 1 aliphatic heterocycles. The molecule has 0 unspecified atom stereocenters.